The van der Waals surface area contributed by atoms with E-state index >= 15 is 0 Å². The molecule has 3 rings (SSSR count). The van der Waals surface area contributed by atoms with E-state index in [-0.39, 0.29) is 23.7 Å². The van der Waals surface area contributed by atoms with Crippen LogP contribution in [0.25, 0.3) is 0 Å². The molecule has 23 heavy (non-hydrogen) atoms. The van der Waals surface area contributed by atoms with Crippen LogP contribution in [0, 0.1) is 18.8 Å². The molecule has 2 aliphatic heterocycles. The van der Waals surface area contributed by atoms with Crippen molar-refractivity contribution in [3.63, 3.8) is 0 Å². The summed E-state index contributed by atoms with van der Waals surface area (Å²) in [5.41, 5.74) is 1.06. The summed E-state index contributed by atoms with van der Waals surface area (Å²) < 4.78 is 0. The molecule has 6 heteroatoms. The summed E-state index contributed by atoms with van der Waals surface area (Å²) in [4.78, 5) is 31.0. The van der Waals surface area contributed by atoms with Crippen molar-refractivity contribution in [1.82, 2.24) is 15.2 Å². The zero-order valence-electron chi connectivity index (χ0n) is 13.5. The molecule has 1 aromatic heterocycles. The fourth-order valence-electron chi connectivity index (χ4n) is 3.28. The highest BCUT2D eigenvalue weighted by molar-refractivity contribution is 5.92. The highest BCUT2D eigenvalue weighted by atomic mass is 16.2. The number of aryl methyl sites for hydroxylation is 1. The van der Waals surface area contributed by atoms with Gasteiger partial charge in [0.25, 0.3) is 0 Å². The largest absolute Gasteiger partial charge is 0.342 e. The molecule has 3 heterocycles. The third-order valence-electron chi connectivity index (χ3n) is 4.68. The van der Waals surface area contributed by atoms with Gasteiger partial charge in [0.1, 0.15) is 5.82 Å². The van der Waals surface area contributed by atoms with Crippen molar-refractivity contribution in [2.24, 2.45) is 11.8 Å². The van der Waals surface area contributed by atoms with Crippen LogP contribution in [-0.2, 0) is 9.59 Å². The lowest BCUT2D eigenvalue weighted by Gasteiger charge is -2.33. The van der Waals surface area contributed by atoms with Gasteiger partial charge in [0, 0.05) is 25.8 Å². The number of anilines is 1. The van der Waals surface area contributed by atoms with Crippen LogP contribution in [0.1, 0.15) is 24.8 Å². The first-order valence-corrected chi connectivity index (χ1v) is 8.36. The molecule has 0 aromatic carbocycles. The standard InChI is InChI=1S/C17H24N4O2/c1-12-4-5-15(19-9-12)20-16(22)14-3-2-8-21(11-14)17(23)13-6-7-18-10-13/h4-5,9,13-14,18H,2-3,6-8,10-11H2,1H3,(H,19,20,22). The maximum absolute atomic E-state index is 12.5. The zero-order valence-corrected chi connectivity index (χ0v) is 13.5. The van der Waals surface area contributed by atoms with Gasteiger partial charge < -0.3 is 15.5 Å². The molecule has 0 radical (unpaired) electrons. The Morgan fingerprint density at radius 1 is 1.30 bits per heavy atom. The third-order valence-corrected chi connectivity index (χ3v) is 4.68. The highest BCUT2D eigenvalue weighted by Crippen LogP contribution is 2.21. The number of piperidine rings is 1. The van der Waals surface area contributed by atoms with Gasteiger partial charge in [-0.05, 0) is 44.4 Å². The van der Waals surface area contributed by atoms with Gasteiger partial charge >= 0.3 is 0 Å². The van der Waals surface area contributed by atoms with Crippen LogP contribution in [0.3, 0.4) is 0 Å². The summed E-state index contributed by atoms with van der Waals surface area (Å²) >= 11 is 0. The maximum atomic E-state index is 12.5. The third kappa shape index (κ3) is 3.88. The van der Waals surface area contributed by atoms with Gasteiger partial charge in [-0.15, -0.1) is 0 Å². The van der Waals surface area contributed by atoms with Gasteiger partial charge in [-0.1, -0.05) is 6.07 Å². The fourth-order valence-corrected chi connectivity index (χ4v) is 3.28. The van der Waals surface area contributed by atoms with E-state index in [2.05, 4.69) is 15.6 Å². The monoisotopic (exact) mass is 316 g/mol. The summed E-state index contributed by atoms with van der Waals surface area (Å²) in [7, 11) is 0. The minimum atomic E-state index is -0.148. The van der Waals surface area contributed by atoms with Crippen LogP contribution in [0.5, 0.6) is 0 Å². The van der Waals surface area contributed by atoms with Crippen LogP contribution >= 0.6 is 0 Å². The summed E-state index contributed by atoms with van der Waals surface area (Å²) in [6.45, 7) is 4.92. The molecule has 2 N–H and O–H groups in total. The van der Waals surface area contributed by atoms with Crippen molar-refractivity contribution in [3.8, 4) is 0 Å². The lowest BCUT2D eigenvalue weighted by atomic mass is 9.95. The van der Waals surface area contributed by atoms with Gasteiger partial charge in [-0.2, -0.15) is 0 Å². The molecule has 2 amide bonds. The van der Waals surface area contributed by atoms with Crippen LogP contribution in [0.4, 0.5) is 5.82 Å². The van der Waals surface area contributed by atoms with E-state index in [0.717, 1.165) is 44.5 Å². The van der Waals surface area contributed by atoms with Crippen molar-refractivity contribution in [2.75, 3.05) is 31.5 Å². The number of nitrogens with one attached hydrogen (secondary N) is 2. The highest BCUT2D eigenvalue weighted by Gasteiger charge is 2.32. The number of nitrogens with zero attached hydrogens (tertiary/aromatic N) is 2. The molecule has 0 saturated carbocycles. The van der Waals surface area contributed by atoms with Crippen LogP contribution in [0.15, 0.2) is 18.3 Å². The van der Waals surface area contributed by atoms with Crippen molar-refractivity contribution < 1.29 is 9.59 Å². The van der Waals surface area contributed by atoms with E-state index in [1.807, 2.05) is 24.0 Å². The predicted molar refractivity (Wildman–Crippen MR) is 87.9 cm³/mol. The topological polar surface area (TPSA) is 74.3 Å². The van der Waals surface area contributed by atoms with Crippen LogP contribution in [0.2, 0.25) is 0 Å². The molecular weight excluding hydrogens is 292 g/mol. The number of amides is 2. The van der Waals surface area contributed by atoms with Gasteiger partial charge in [0.2, 0.25) is 11.8 Å². The second-order valence-electron chi connectivity index (χ2n) is 6.52. The second kappa shape index (κ2) is 7.08. The minimum Gasteiger partial charge on any atom is -0.342 e. The molecule has 2 saturated heterocycles. The van der Waals surface area contributed by atoms with Crippen molar-refractivity contribution in [3.05, 3.63) is 23.9 Å². The zero-order chi connectivity index (χ0) is 16.2. The Morgan fingerprint density at radius 2 is 2.17 bits per heavy atom. The summed E-state index contributed by atoms with van der Waals surface area (Å²) in [5, 5.41) is 6.10. The van der Waals surface area contributed by atoms with Crippen LogP contribution < -0.4 is 10.6 Å². The Bertz CT molecular complexity index is 566. The number of carbonyl (C=O) groups excluding carboxylic acids is 2. The van der Waals surface area contributed by atoms with Gasteiger partial charge in [0.05, 0.1) is 11.8 Å². The number of hydrogen-bond donors (Lipinski definition) is 2. The molecule has 0 bridgehead atoms. The number of likely N-dealkylation sites (tertiary alicyclic amines) is 1. The number of carbonyl (C=O) groups is 2. The number of rotatable bonds is 3. The Hall–Kier alpha value is -1.95. The SMILES string of the molecule is Cc1ccc(NC(=O)C2CCCN(C(=O)C3CCNC3)C2)nc1. The predicted octanol–water partition coefficient (Wildman–Crippen LogP) is 1.18. The van der Waals surface area contributed by atoms with E-state index in [1.165, 1.54) is 0 Å². The van der Waals surface area contributed by atoms with E-state index in [9.17, 15) is 9.59 Å². The smallest absolute Gasteiger partial charge is 0.230 e. The Labute approximate surface area is 136 Å². The Kier molecular flexibility index (Phi) is 4.91. The quantitative estimate of drug-likeness (QED) is 0.878. The first-order valence-electron chi connectivity index (χ1n) is 8.36. The molecule has 0 spiro atoms. The second-order valence-corrected chi connectivity index (χ2v) is 6.52. The van der Waals surface area contributed by atoms with Crippen molar-refractivity contribution in [1.29, 1.82) is 0 Å². The average molecular weight is 316 g/mol. The molecule has 2 unspecified atom stereocenters. The normalized spacial score (nSPS) is 24.5. The van der Waals surface area contributed by atoms with Crippen LogP contribution in [-0.4, -0.2) is 47.9 Å². The van der Waals surface area contributed by atoms with Gasteiger partial charge in [-0.3, -0.25) is 9.59 Å². The van der Waals surface area contributed by atoms with E-state index in [4.69, 9.17) is 0 Å². The molecule has 1 aromatic rings. The summed E-state index contributed by atoms with van der Waals surface area (Å²) in [6, 6.07) is 3.73. The Morgan fingerprint density at radius 3 is 2.87 bits per heavy atom. The molecule has 0 aliphatic carbocycles. The fraction of sp³-hybridized carbons (Fsp3) is 0.588. The number of aromatic nitrogens is 1. The average Bonchev–Trinajstić information content (AvgIpc) is 3.11. The first-order chi connectivity index (χ1) is 11.1. The van der Waals surface area contributed by atoms with E-state index < -0.39 is 0 Å². The number of hydrogen-bond acceptors (Lipinski definition) is 4. The lowest BCUT2D eigenvalue weighted by molar-refractivity contribution is -0.138. The van der Waals surface area contributed by atoms with Crippen molar-refractivity contribution in [2.45, 2.75) is 26.2 Å². The summed E-state index contributed by atoms with van der Waals surface area (Å²) in [5.74, 6) is 0.661. The molecule has 124 valence electrons. The van der Waals surface area contributed by atoms with E-state index in [0.29, 0.717) is 12.4 Å². The number of pyridine rings is 1. The lowest BCUT2D eigenvalue weighted by Crippen LogP contribution is -2.46. The summed E-state index contributed by atoms with van der Waals surface area (Å²) in [6.07, 6.45) is 4.34. The minimum absolute atomic E-state index is 0.0385. The molecule has 6 nitrogen and oxygen atoms in total. The molecular formula is C17H24N4O2. The molecule has 2 aliphatic rings. The molecule has 2 atom stereocenters. The van der Waals surface area contributed by atoms with Gasteiger partial charge in [-0.25, -0.2) is 4.98 Å². The maximum Gasteiger partial charge on any atom is 0.230 e. The van der Waals surface area contributed by atoms with Crippen molar-refractivity contribution >= 4 is 17.6 Å². The molecule has 2 fully saturated rings. The van der Waals surface area contributed by atoms with E-state index in [1.54, 1.807) is 6.20 Å². The first kappa shape index (κ1) is 15.9. The Balaban J connectivity index is 1.57. The van der Waals surface area contributed by atoms with Gasteiger partial charge in [0.15, 0.2) is 0 Å².